The van der Waals surface area contributed by atoms with Crippen LogP contribution in [0, 0.1) is 46.3 Å². The molecule has 36 heavy (non-hydrogen) atoms. The van der Waals surface area contributed by atoms with Crippen molar-refractivity contribution in [2.75, 3.05) is 6.54 Å². The van der Waals surface area contributed by atoms with Crippen LogP contribution in [0.2, 0.25) is 0 Å². The van der Waals surface area contributed by atoms with Crippen molar-refractivity contribution in [2.45, 2.75) is 137 Å². The van der Waals surface area contributed by atoms with E-state index in [9.17, 15) is 4.79 Å². The molecule has 3 nitrogen and oxygen atoms in total. The molecule has 0 bridgehead atoms. The Labute approximate surface area is 222 Å². The van der Waals surface area contributed by atoms with Gasteiger partial charge in [0.05, 0.1) is 5.92 Å². The fourth-order valence-electron chi connectivity index (χ4n) is 9.25. The first-order valence-electron chi connectivity index (χ1n) is 15.8. The number of unbranched alkanes of at least 4 members (excludes halogenated alkanes) is 2. The van der Waals surface area contributed by atoms with Crippen molar-refractivity contribution in [3.8, 4) is 0 Å². The average molecular weight is 500 g/mol. The highest BCUT2D eigenvalue weighted by molar-refractivity contribution is 5.72. The lowest BCUT2D eigenvalue weighted by atomic mass is 9.47. The van der Waals surface area contributed by atoms with Crippen LogP contribution in [-0.4, -0.2) is 18.6 Å². The smallest absolute Gasteiger partial charge is 0.308 e. The van der Waals surface area contributed by atoms with Crippen LogP contribution in [0.25, 0.3) is 0 Å². The molecule has 0 aromatic carbocycles. The van der Waals surface area contributed by atoms with Crippen molar-refractivity contribution in [3.05, 3.63) is 11.6 Å². The summed E-state index contributed by atoms with van der Waals surface area (Å²) in [5.41, 5.74) is 8.14. The zero-order valence-electron chi connectivity index (χ0n) is 24.3. The molecule has 4 aliphatic rings. The molecule has 8 atom stereocenters. The van der Waals surface area contributed by atoms with Gasteiger partial charge in [0.25, 0.3) is 0 Å². The second-order valence-corrected chi connectivity index (χ2v) is 14.2. The second kappa shape index (κ2) is 11.9. The Balaban J connectivity index is 1.35. The highest BCUT2D eigenvalue weighted by Gasteiger charge is 2.58. The summed E-state index contributed by atoms with van der Waals surface area (Å²) in [5.74, 6) is 4.43. The van der Waals surface area contributed by atoms with Gasteiger partial charge in [-0.25, -0.2) is 0 Å². The minimum Gasteiger partial charge on any atom is -0.462 e. The van der Waals surface area contributed by atoms with E-state index < -0.39 is 0 Å². The number of rotatable bonds is 11. The second-order valence-electron chi connectivity index (χ2n) is 14.2. The molecule has 0 aliphatic heterocycles. The van der Waals surface area contributed by atoms with Gasteiger partial charge in [-0.2, -0.15) is 0 Å². The lowest BCUT2D eigenvalue weighted by Crippen LogP contribution is -2.50. The molecule has 3 heteroatoms. The molecule has 4 rings (SSSR count). The van der Waals surface area contributed by atoms with E-state index in [-0.39, 0.29) is 18.0 Å². The van der Waals surface area contributed by atoms with Gasteiger partial charge in [0.2, 0.25) is 0 Å². The van der Waals surface area contributed by atoms with E-state index in [0.29, 0.717) is 17.4 Å². The lowest BCUT2D eigenvalue weighted by molar-refractivity contribution is -0.156. The van der Waals surface area contributed by atoms with Crippen molar-refractivity contribution in [3.63, 3.8) is 0 Å². The summed E-state index contributed by atoms with van der Waals surface area (Å²) in [5, 5.41) is 0. The maximum absolute atomic E-state index is 12.7. The molecule has 0 radical (unpaired) electrons. The summed E-state index contributed by atoms with van der Waals surface area (Å²) in [4.78, 5) is 12.7. The summed E-state index contributed by atoms with van der Waals surface area (Å²) in [6.07, 6.45) is 21.6. The number of nitrogens with two attached hydrogens (primary N) is 1. The van der Waals surface area contributed by atoms with Gasteiger partial charge in [-0.05, 0) is 111 Å². The number of allylic oxidation sites excluding steroid dienone is 1. The summed E-state index contributed by atoms with van der Waals surface area (Å²) < 4.78 is 6.06. The van der Waals surface area contributed by atoms with Crippen LogP contribution in [-0.2, 0) is 9.53 Å². The molecule has 3 fully saturated rings. The normalized spacial score (nSPS) is 38.6. The van der Waals surface area contributed by atoms with Crippen molar-refractivity contribution in [1.29, 1.82) is 0 Å². The fraction of sp³-hybridized carbons (Fsp3) is 0.909. The number of hydrogen-bond donors (Lipinski definition) is 1. The van der Waals surface area contributed by atoms with Gasteiger partial charge in [0.15, 0.2) is 0 Å². The standard InChI is InChI=1S/C33H57NO2/c1-23(2)10-6-7-12-25-14-16-29-28-15-13-26-22-27(36-31(35)24(3)11-8-9-21-34)17-19-33(26,5)30(28)18-20-32(25,29)4/h13,23-25,27-30H,6-12,14-22,34H2,1-5H3/t24-,25-,27-,28?,29?,30?,32+,33-/m0/s1. The number of ether oxygens (including phenoxy) is 1. The quantitative estimate of drug-likeness (QED) is 0.176. The van der Waals surface area contributed by atoms with Crippen LogP contribution < -0.4 is 5.73 Å². The number of hydrogen-bond acceptors (Lipinski definition) is 3. The average Bonchev–Trinajstić information content (AvgIpc) is 3.18. The van der Waals surface area contributed by atoms with E-state index >= 15 is 0 Å². The number of fused-ring (bicyclic) bond motifs is 5. The molecule has 0 saturated heterocycles. The Kier molecular flexibility index (Phi) is 9.33. The fourth-order valence-corrected chi connectivity index (χ4v) is 9.25. The van der Waals surface area contributed by atoms with E-state index in [4.69, 9.17) is 10.5 Å². The molecule has 0 heterocycles. The maximum atomic E-state index is 12.7. The molecule has 0 aromatic heterocycles. The minimum absolute atomic E-state index is 0.00807. The Morgan fingerprint density at radius 1 is 1.00 bits per heavy atom. The van der Waals surface area contributed by atoms with Gasteiger partial charge in [-0.3, -0.25) is 4.79 Å². The predicted molar refractivity (Wildman–Crippen MR) is 150 cm³/mol. The van der Waals surface area contributed by atoms with Crippen molar-refractivity contribution in [2.24, 2.45) is 52.1 Å². The molecular weight excluding hydrogens is 442 g/mol. The van der Waals surface area contributed by atoms with Gasteiger partial charge >= 0.3 is 5.97 Å². The van der Waals surface area contributed by atoms with Gasteiger partial charge < -0.3 is 10.5 Å². The molecule has 0 spiro atoms. The molecule has 206 valence electrons. The summed E-state index contributed by atoms with van der Waals surface area (Å²) in [6, 6.07) is 0. The SMILES string of the molecule is CC(C)CCCC[C@H]1CCC2C3CC=C4C[C@@H](OC(=O)[C@@H](C)CCCCN)CC[C@]4(C)C3CC[C@@]21C. The molecule has 0 amide bonds. The molecule has 3 unspecified atom stereocenters. The summed E-state index contributed by atoms with van der Waals surface area (Å²) in [6.45, 7) is 12.7. The topological polar surface area (TPSA) is 52.3 Å². The van der Waals surface area contributed by atoms with Gasteiger partial charge in [0, 0.05) is 6.42 Å². The molecular formula is C33H57NO2. The van der Waals surface area contributed by atoms with Crippen LogP contribution in [0.3, 0.4) is 0 Å². The van der Waals surface area contributed by atoms with E-state index in [1.54, 1.807) is 5.57 Å². The Morgan fingerprint density at radius 2 is 1.78 bits per heavy atom. The predicted octanol–water partition coefficient (Wildman–Crippen LogP) is 8.46. The van der Waals surface area contributed by atoms with Crippen molar-refractivity contribution >= 4 is 5.97 Å². The van der Waals surface area contributed by atoms with E-state index in [1.807, 2.05) is 6.92 Å². The Bertz CT molecular complexity index is 774. The third-order valence-electron chi connectivity index (χ3n) is 11.6. The number of esters is 1. The largest absolute Gasteiger partial charge is 0.462 e. The highest BCUT2D eigenvalue weighted by atomic mass is 16.5. The highest BCUT2D eigenvalue weighted by Crippen LogP contribution is 2.66. The maximum Gasteiger partial charge on any atom is 0.308 e. The molecule has 3 saturated carbocycles. The third-order valence-corrected chi connectivity index (χ3v) is 11.6. The first-order chi connectivity index (χ1) is 17.2. The Hall–Kier alpha value is -0.830. The summed E-state index contributed by atoms with van der Waals surface area (Å²) >= 11 is 0. The minimum atomic E-state index is -0.00807. The van der Waals surface area contributed by atoms with Crippen LogP contribution in [0.15, 0.2) is 11.6 Å². The number of carbonyl (C=O) groups is 1. The monoisotopic (exact) mass is 499 g/mol. The van der Waals surface area contributed by atoms with Crippen molar-refractivity contribution in [1.82, 2.24) is 0 Å². The summed E-state index contributed by atoms with van der Waals surface area (Å²) in [7, 11) is 0. The lowest BCUT2D eigenvalue weighted by Gasteiger charge is -2.58. The van der Waals surface area contributed by atoms with Crippen LogP contribution >= 0.6 is 0 Å². The third kappa shape index (κ3) is 5.76. The first-order valence-corrected chi connectivity index (χ1v) is 15.8. The first kappa shape index (κ1) is 28.2. The molecule has 2 N–H and O–H groups in total. The zero-order valence-corrected chi connectivity index (χ0v) is 24.3. The van der Waals surface area contributed by atoms with E-state index in [1.165, 1.54) is 64.2 Å². The van der Waals surface area contributed by atoms with Gasteiger partial charge in [-0.1, -0.05) is 72.0 Å². The van der Waals surface area contributed by atoms with Crippen LogP contribution in [0.1, 0.15) is 131 Å². The van der Waals surface area contributed by atoms with Crippen molar-refractivity contribution < 1.29 is 9.53 Å². The number of carbonyl (C=O) groups excluding carboxylic acids is 1. The van der Waals surface area contributed by atoms with Crippen LogP contribution in [0.5, 0.6) is 0 Å². The van der Waals surface area contributed by atoms with Gasteiger partial charge in [-0.15, -0.1) is 0 Å². The van der Waals surface area contributed by atoms with E-state index in [0.717, 1.165) is 61.7 Å². The van der Waals surface area contributed by atoms with Crippen LogP contribution in [0.4, 0.5) is 0 Å². The van der Waals surface area contributed by atoms with Gasteiger partial charge in [0.1, 0.15) is 6.10 Å². The molecule has 0 aromatic rings. The van der Waals surface area contributed by atoms with E-state index in [2.05, 4.69) is 33.8 Å². The molecule has 4 aliphatic carbocycles. The zero-order chi connectivity index (χ0) is 25.9. The Morgan fingerprint density at radius 3 is 2.53 bits per heavy atom.